The molecule has 0 radical (unpaired) electrons. The molecule has 0 aliphatic heterocycles. The van der Waals surface area contributed by atoms with E-state index in [1.807, 2.05) is 24.3 Å². The van der Waals surface area contributed by atoms with Gasteiger partial charge >= 0.3 is 0 Å². The van der Waals surface area contributed by atoms with Crippen LogP contribution >= 0.6 is 11.6 Å². The second-order valence-corrected chi connectivity index (χ2v) is 4.82. The van der Waals surface area contributed by atoms with Crippen LogP contribution in [0.3, 0.4) is 0 Å². The van der Waals surface area contributed by atoms with Crippen LogP contribution in [0.1, 0.15) is 15.9 Å². The first-order valence-corrected chi connectivity index (χ1v) is 6.99. The highest BCUT2D eigenvalue weighted by Gasteiger charge is 2.03. The molecule has 0 aromatic heterocycles. The number of ether oxygens (including phenoxy) is 1. The molecular weight excluding hydrogens is 300 g/mol. The van der Waals surface area contributed by atoms with Gasteiger partial charge in [0.1, 0.15) is 12.4 Å². The van der Waals surface area contributed by atoms with E-state index < -0.39 is 0 Å². The maximum Gasteiger partial charge on any atom is 0.271 e. The summed E-state index contributed by atoms with van der Waals surface area (Å²) in [6, 6.07) is 14.0. The third kappa shape index (κ3) is 4.75. The number of amides is 1. The van der Waals surface area contributed by atoms with E-state index in [1.165, 1.54) is 0 Å². The molecule has 22 heavy (non-hydrogen) atoms. The first kappa shape index (κ1) is 15.8. The monoisotopic (exact) mass is 314 g/mol. The maximum absolute atomic E-state index is 11.9. The van der Waals surface area contributed by atoms with E-state index in [1.54, 1.807) is 36.6 Å². The van der Waals surface area contributed by atoms with E-state index in [9.17, 15) is 4.79 Å². The van der Waals surface area contributed by atoms with Crippen molar-refractivity contribution in [2.75, 3.05) is 6.61 Å². The molecule has 0 fully saturated rings. The molecule has 0 aliphatic carbocycles. The van der Waals surface area contributed by atoms with Crippen molar-refractivity contribution in [2.24, 2.45) is 5.10 Å². The summed E-state index contributed by atoms with van der Waals surface area (Å²) in [6.45, 7) is 4.03. The van der Waals surface area contributed by atoms with Crippen LogP contribution in [0, 0.1) is 0 Å². The highest BCUT2D eigenvalue weighted by atomic mass is 35.5. The molecule has 1 amide bonds. The summed E-state index contributed by atoms with van der Waals surface area (Å²) in [7, 11) is 0. The minimum atomic E-state index is -0.321. The Labute approximate surface area is 134 Å². The van der Waals surface area contributed by atoms with Crippen LogP contribution in [-0.4, -0.2) is 18.7 Å². The van der Waals surface area contributed by atoms with Gasteiger partial charge < -0.3 is 4.74 Å². The highest BCUT2D eigenvalue weighted by Crippen LogP contribution is 2.12. The van der Waals surface area contributed by atoms with Crippen LogP contribution in [0.25, 0.3) is 0 Å². The predicted molar refractivity (Wildman–Crippen MR) is 88.6 cm³/mol. The Balaban J connectivity index is 1.97. The molecule has 1 N–H and O–H groups in total. The third-order valence-electron chi connectivity index (χ3n) is 2.69. The first-order chi connectivity index (χ1) is 10.7. The fourth-order valence-corrected chi connectivity index (χ4v) is 1.89. The van der Waals surface area contributed by atoms with E-state index in [0.29, 0.717) is 22.9 Å². The summed E-state index contributed by atoms with van der Waals surface area (Å²) in [5, 5.41) is 4.43. The van der Waals surface area contributed by atoms with Crippen LogP contribution in [0.4, 0.5) is 0 Å². The lowest BCUT2D eigenvalue weighted by Crippen LogP contribution is -2.17. The Morgan fingerprint density at radius 3 is 2.86 bits per heavy atom. The van der Waals surface area contributed by atoms with Crippen molar-refractivity contribution in [1.29, 1.82) is 0 Å². The molecule has 0 saturated carbocycles. The van der Waals surface area contributed by atoms with Crippen molar-refractivity contribution in [3.63, 3.8) is 0 Å². The maximum atomic E-state index is 11.9. The molecule has 0 unspecified atom stereocenters. The number of benzene rings is 2. The zero-order chi connectivity index (χ0) is 15.8. The van der Waals surface area contributed by atoms with Crippen molar-refractivity contribution < 1.29 is 9.53 Å². The Hall–Kier alpha value is -2.59. The van der Waals surface area contributed by atoms with Crippen molar-refractivity contribution in [3.8, 4) is 5.75 Å². The normalized spacial score (nSPS) is 10.4. The van der Waals surface area contributed by atoms with Crippen molar-refractivity contribution in [2.45, 2.75) is 0 Å². The number of carbonyl (C=O) groups is 1. The van der Waals surface area contributed by atoms with Crippen molar-refractivity contribution in [1.82, 2.24) is 5.43 Å². The molecule has 5 heteroatoms. The van der Waals surface area contributed by atoms with Crippen LogP contribution in [0.15, 0.2) is 66.3 Å². The Bertz CT molecular complexity index is 699. The van der Waals surface area contributed by atoms with E-state index >= 15 is 0 Å². The Kier molecular flexibility index (Phi) is 5.74. The SMILES string of the molecule is C=CCOc1cccc(/C=N\NC(=O)c2cccc(Cl)c2)c1. The van der Waals surface area contributed by atoms with Gasteiger partial charge in [0.15, 0.2) is 0 Å². The molecule has 0 bridgehead atoms. The largest absolute Gasteiger partial charge is 0.490 e. The minimum Gasteiger partial charge on any atom is -0.490 e. The quantitative estimate of drug-likeness (QED) is 0.502. The standard InChI is InChI=1S/C17H15ClN2O2/c1-2-9-22-16-8-3-5-13(10-16)12-19-20-17(21)14-6-4-7-15(18)11-14/h2-8,10-12H,1,9H2,(H,20,21)/b19-12-. The molecule has 0 saturated heterocycles. The molecule has 4 nitrogen and oxygen atoms in total. The van der Waals surface area contributed by atoms with Gasteiger partial charge in [0.25, 0.3) is 5.91 Å². The number of hydrogen-bond donors (Lipinski definition) is 1. The zero-order valence-electron chi connectivity index (χ0n) is 11.8. The van der Waals surface area contributed by atoms with Gasteiger partial charge in [-0.05, 0) is 35.9 Å². The number of halogens is 1. The molecular formula is C17H15ClN2O2. The van der Waals surface area contributed by atoms with E-state index in [4.69, 9.17) is 16.3 Å². The molecule has 112 valence electrons. The van der Waals surface area contributed by atoms with E-state index in [-0.39, 0.29) is 5.91 Å². The van der Waals surface area contributed by atoms with Gasteiger partial charge in [0.05, 0.1) is 6.21 Å². The molecule has 0 spiro atoms. The smallest absolute Gasteiger partial charge is 0.271 e. The lowest BCUT2D eigenvalue weighted by Gasteiger charge is -2.03. The van der Waals surface area contributed by atoms with Gasteiger partial charge in [0, 0.05) is 10.6 Å². The van der Waals surface area contributed by atoms with E-state index in [0.717, 1.165) is 5.56 Å². The second kappa shape index (κ2) is 8.00. The summed E-state index contributed by atoms with van der Waals surface area (Å²) in [6.07, 6.45) is 3.22. The number of nitrogens with one attached hydrogen (secondary N) is 1. The number of hydrazone groups is 1. The topological polar surface area (TPSA) is 50.7 Å². The summed E-state index contributed by atoms with van der Waals surface area (Å²) >= 11 is 5.84. The molecule has 2 rings (SSSR count). The molecule has 0 atom stereocenters. The average molecular weight is 315 g/mol. The number of rotatable bonds is 6. The van der Waals surface area contributed by atoms with Crippen molar-refractivity contribution in [3.05, 3.63) is 77.3 Å². The number of nitrogens with zero attached hydrogens (tertiary/aromatic N) is 1. The average Bonchev–Trinajstić information content (AvgIpc) is 2.53. The molecule has 2 aromatic rings. The zero-order valence-corrected chi connectivity index (χ0v) is 12.6. The Morgan fingerprint density at radius 1 is 1.27 bits per heavy atom. The lowest BCUT2D eigenvalue weighted by molar-refractivity contribution is 0.0955. The van der Waals surface area contributed by atoms with Gasteiger partial charge in [-0.25, -0.2) is 5.43 Å². The van der Waals surface area contributed by atoms with E-state index in [2.05, 4.69) is 17.1 Å². The number of carbonyl (C=O) groups excluding carboxylic acids is 1. The summed E-state index contributed by atoms with van der Waals surface area (Å²) in [4.78, 5) is 11.9. The Morgan fingerprint density at radius 2 is 2.09 bits per heavy atom. The first-order valence-electron chi connectivity index (χ1n) is 6.62. The second-order valence-electron chi connectivity index (χ2n) is 4.38. The lowest BCUT2D eigenvalue weighted by atomic mass is 10.2. The van der Waals surface area contributed by atoms with Gasteiger partial charge in [-0.2, -0.15) is 5.10 Å². The van der Waals surface area contributed by atoms with Gasteiger partial charge in [-0.15, -0.1) is 0 Å². The van der Waals surface area contributed by atoms with Crippen LogP contribution in [0.2, 0.25) is 5.02 Å². The summed E-state index contributed by atoms with van der Waals surface area (Å²) in [5.74, 6) is 0.392. The molecule has 0 heterocycles. The number of hydrogen-bond acceptors (Lipinski definition) is 3. The minimum absolute atomic E-state index is 0.321. The van der Waals surface area contributed by atoms with Gasteiger partial charge in [-0.1, -0.05) is 42.5 Å². The summed E-state index contributed by atoms with van der Waals surface area (Å²) in [5.41, 5.74) is 3.72. The van der Waals surface area contributed by atoms with Gasteiger partial charge in [0.2, 0.25) is 0 Å². The van der Waals surface area contributed by atoms with Crippen LogP contribution < -0.4 is 10.2 Å². The fourth-order valence-electron chi connectivity index (χ4n) is 1.70. The highest BCUT2D eigenvalue weighted by molar-refractivity contribution is 6.30. The molecule has 0 aliphatic rings. The van der Waals surface area contributed by atoms with Crippen molar-refractivity contribution >= 4 is 23.7 Å². The van der Waals surface area contributed by atoms with Crippen LogP contribution in [0.5, 0.6) is 5.75 Å². The summed E-state index contributed by atoms with van der Waals surface area (Å²) < 4.78 is 5.42. The predicted octanol–water partition coefficient (Wildman–Crippen LogP) is 3.67. The molecule has 2 aromatic carbocycles. The third-order valence-corrected chi connectivity index (χ3v) is 2.93. The van der Waals surface area contributed by atoms with Gasteiger partial charge in [-0.3, -0.25) is 4.79 Å². The fraction of sp³-hybridized carbons (Fsp3) is 0.0588. The van der Waals surface area contributed by atoms with Crippen LogP contribution in [-0.2, 0) is 0 Å².